The quantitative estimate of drug-likeness (QED) is 0.668. The smallest absolute Gasteiger partial charge is 0.272 e. The van der Waals surface area contributed by atoms with Gasteiger partial charge < -0.3 is 9.84 Å². The standard InChI is InChI=1S/C18H22O2Si/c1-20-18(19)14-17(15-10-6-4-7-11-15)21(2,3)16-12-8-5-9-13-16/h4-14,17,19H,1-3H3/b18-14+. The van der Waals surface area contributed by atoms with Crippen molar-refractivity contribution >= 4 is 13.3 Å². The fourth-order valence-corrected chi connectivity index (χ4v) is 5.64. The van der Waals surface area contributed by atoms with E-state index in [-0.39, 0.29) is 11.5 Å². The lowest BCUT2D eigenvalue weighted by Crippen LogP contribution is -2.47. The van der Waals surface area contributed by atoms with Gasteiger partial charge in [0.25, 0.3) is 5.95 Å². The summed E-state index contributed by atoms with van der Waals surface area (Å²) in [6.45, 7) is 4.64. The van der Waals surface area contributed by atoms with Crippen LogP contribution in [0.2, 0.25) is 13.1 Å². The summed E-state index contributed by atoms with van der Waals surface area (Å²) in [4.78, 5) is 0. The molecule has 3 heteroatoms. The zero-order chi connectivity index (χ0) is 15.3. The number of methoxy groups -OCH3 is 1. The van der Waals surface area contributed by atoms with Crippen LogP contribution in [-0.4, -0.2) is 20.3 Å². The highest BCUT2D eigenvalue weighted by molar-refractivity contribution is 6.91. The fraction of sp³-hybridized carbons (Fsp3) is 0.222. The van der Waals surface area contributed by atoms with E-state index in [9.17, 15) is 5.11 Å². The molecule has 0 saturated carbocycles. The molecule has 0 saturated heterocycles. The second-order valence-corrected chi connectivity index (χ2v) is 10.3. The van der Waals surface area contributed by atoms with Crippen LogP contribution >= 0.6 is 0 Å². The van der Waals surface area contributed by atoms with Crippen molar-refractivity contribution in [1.29, 1.82) is 0 Å². The lowest BCUT2D eigenvalue weighted by atomic mass is 10.1. The van der Waals surface area contributed by atoms with Crippen LogP contribution in [0.15, 0.2) is 72.7 Å². The van der Waals surface area contributed by atoms with Gasteiger partial charge >= 0.3 is 0 Å². The molecule has 1 unspecified atom stereocenters. The molecule has 0 aliphatic rings. The van der Waals surface area contributed by atoms with Gasteiger partial charge in [0.2, 0.25) is 0 Å². The first kappa shape index (κ1) is 15.4. The number of allylic oxidation sites excluding steroid dienone is 1. The summed E-state index contributed by atoms with van der Waals surface area (Å²) in [7, 11) is -0.354. The first-order valence-corrected chi connectivity index (χ1v) is 10.2. The van der Waals surface area contributed by atoms with E-state index in [1.807, 2.05) is 30.3 Å². The average molecular weight is 298 g/mol. The summed E-state index contributed by atoms with van der Waals surface area (Å²) in [6.07, 6.45) is 1.84. The molecule has 0 aliphatic carbocycles. The van der Waals surface area contributed by atoms with Gasteiger partial charge in [0.15, 0.2) is 0 Å². The Morgan fingerprint density at radius 2 is 1.52 bits per heavy atom. The lowest BCUT2D eigenvalue weighted by molar-refractivity contribution is 0.134. The van der Waals surface area contributed by atoms with E-state index in [0.717, 1.165) is 0 Å². The molecule has 21 heavy (non-hydrogen) atoms. The van der Waals surface area contributed by atoms with Crippen molar-refractivity contribution in [2.24, 2.45) is 0 Å². The highest BCUT2D eigenvalue weighted by Crippen LogP contribution is 2.29. The summed E-state index contributed by atoms with van der Waals surface area (Å²) in [5.41, 5.74) is 1.36. The summed E-state index contributed by atoms with van der Waals surface area (Å²) in [5, 5.41) is 11.2. The lowest BCUT2D eigenvalue weighted by Gasteiger charge is -2.31. The van der Waals surface area contributed by atoms with Crippen LogP contribution in [-0.2, 0) is 4.74 Å². The number of hydrogen-bond acceptors (Lipinski definition) is 2. The van der Waals surface area contributed by atoms with Crippen LogP contribution in [0, 0.1) is 0 Å². The monoisotopic (exact) mass is 298 g/mol. The Morgan fingerprint density at radius 1 is 1.00 bits per heavy atom. The molecule has 0 bridgehead atoms. The Hall–Kier alpha value is -2.00. The minimum atomic E-state index is -1.85. The third-order valence-electron chi connectivity index (χ3n) is 3.97. The van der Waals surface area contributed by atoms with Gasteiger partial charge in [-0.3, -0.25) is 0 Å². The normalized spacial score (nSPS) is 13.8. The van der Waals surface area contributed by atoms with Gasteiger partial charge in [0, 0.05) is 11.6 Å². The predicted molar refractivity (Wildman–Crippen MR) is 90.5 cm³/mol. The average Bonchev–Trinajstić information content (AvgIpc) is 2.53. The van der Waals surface area contributed by atoms with Crippen molar-refractivity contribution in [3.8, 4) is 0 Å². The highest BCUT2D eigenvalue weighted by atomic mass is 28.3. The second kappa shape index (κ2) is 6.63. The van der Waals surface area contributed by atoms with E-state index in [2.05, 4.69) is 49.5 Å². The molecule has 0 heterocycles. The van der Waals surface area contributed by atoms with Gasteiger partial charge in [-0.1, -0.05) is 78.9 Å². The zero-order valence-corrected chi connectivity index (χ0v) is 13.8. The Balaban J connectivity index is 2.49. The summed E-state index contributed by atoms with van der Waals surface area (Å²) in [6, 6.07) is 20.9. The molecule has 0 amide bonds. The highest BCUT2D eigenvalue weighted by Gasteiger charge is 2.34. The molecule has 110 valence electrons. The van der Waals surface area contributed by atoms with Crippen molar-refractivity contribution in [3.05, 3.63) is 78.2 Å². The van der Waals surface area contributed by atoms with Gasteiger partial charge in [-0.2, -0.15) is 0 Å². The molecular formula is C18H22O2Si. The van der Waals surface area contributed by atoms with E-state index in [1.54, 1.807) is 0 Å². The molecule has 0 aromatic heterocycles. The van der Waals surface area contributed by atoms with Gasteiger partial charge in [-0.15, -0.1) is 0 Å². The minimum Gasteiger partial charge on any atom is -0.481 e. The number of rotatable bonds is 5. The Morgan fingerprint density at radius 3 is 2.05 bits per heavy atom. The van der Waals surface area contributed by atoms with Crippen molar-refractivity contribution in [1.82, 2.24) is 0 Å². The van der Waals surface area contributed by atoms with Crippen molar-refractivity contribution < 1.29 is 9.84 Å². The molecule has 2 aromatic carbocycles. The van der Waals surface area contributed by atoms with Crippen LogP contribution in [0.4, 0.5) is 0 Å². The molecule has 0 spiro atoms. The summed E-state index contributed by atoms with van der Waals surface area (Å²) in [5.74, 6) is -0.0136. The topological polar surface area (TPSA) is 29.5 Å². The zero-order valence-electron chi connectivity index (χ0n) is 12.8. The van der Waals surface area contributed by atoms with Gasteiger partial charge in [0.05, 0.1) is 15.2 Å². The van der Waals surface area contributed by atoms with Crippen LogP contribution in [0.25, 0.3) is 0 Å². The third-order valence-corrected chi connectivity index (χ3v) is 7.85. The van der Waals surface area contributed by atoms with E-state index >= 15 is 0 Å². The second-order valence-electron chi connectivity index (χ2n) is 5.69. The molecule has 0 aliphatic heterocycles. The fourth-order valence-electron chi connectivity index (χ4n) is 2.64. The number of hydrogen-bond donors (Lipinski definition) is 1. The van der Waals surface area contributed by atoms with Gasteiger partial charge in [0.1, 0.15) is 0 Å². The van der Waals surface area contributed by atoms with Gasteiger partial charge in [-0.25, -0.2) is 0 Å². The largest absolute Gasteiger partial charge is 0.481 e. The van der Waals surface area contributed by atoms with Crippen LogP contribution < -0.4 is 5.19 Å². The molecule has 2 aromatic rings. The van der Waals surface area contributed by atoms with E-state index in [4.69, 9.17) is 4.74 Å². The van der Waals surface area contributed by atoms with Crippen LogP contribution in [0.5, 0.6) is 0 Å². The SMILES string of the molecule is CO/C(O)=C/C(c1ccccc1)[Si](C)(C)c1ccccc1. The summed E-state index contributed by atoms with van der Waals surface area (Å²) < 4.78 is 4.97. The van der Waals surface area contributed by atoms with Crippen LogP contribution in [0.1, 0.15) is 11.1 Å². The Labute approximate surface area is 127 Å². The van der Waals surface area contributed by atoms with E-state index < -0.39 is 8.07 Å². The van der Waals surface area contributed by atoms with Crippen LogP contribution in [0.3, 0.4) is 0 Å². The number of ether oxygens (including phenoxy) is 1. The molecule has 1 N–H and O–H groups in total. The Kier molecular flexibility index (Phi) is 4.86. The molecule has 0 fully saturated rings. The first-order valence-electron chi connectivity index (χ1n) is 7.11. The van der Waals surface area contributed by atoms with Crippen molar-refractivity contribution in [2.75, 3.05) is 7.11 Å². The van der Waals surface area contributed by atoms with E-state index in [1.165, 1.54) is 17.9 Å². The third kappa shape index (κ3) is 3.55. The maximum atomic E-state index is 9.86. The predicted octanol–water partition coefficient (Wildman–Crippen LogP) is 3.97. The molecule has 0 radical (unpaired) electrons. The molecule has 2 rings (SSSR count). The number of aliphatic hydroxyl groups excluding tert-OH is 1. The maximum absolute atomic E-state index is 9.86. The van der Waals surface area contributed by atoms with Crippen molar-refractivity contribution in [3.63, 3.8) is 0 Å². The number of benzene rings is 2. The maximum Gasteiger partial charge on any atom is 0.272 e. The van der Waals surface area contributed by atoms with Crippen molar-refractivity contribution in [2.45, 2.75) is 18.6 Å². The molecular weight excluding hydrogens is 276 g/mol. The summed E-state index contributed by atoms with van der Waals surface area (Å²) >= 11 is 0. The minimum absolute atomic E-state index is 0.0136. The first-order chi connectivity index (χ1) is 10.1. The Bertz CT molecular complexity index is 591. The molecule has 2 nitrogen and oxygen atoms in total. The number of aliphatic hydroxyl groups is 1. The molecule has 1 atom stereocenters. The van der Waals surface area contributed by atoms with Gasteiger partial charge in [-0.05, 0) is 5.56 Å². The van der Waals surface area contributed by atoms with E-state index in [0.29, 0.717) is 0 Å².